The molecule has 0 bridgehead atoms. The van der Waals surface area contributed by atoms with Gasteiger partial charge in [0.05, 0.1) is 29.0 Å². The van der Waals surface area contributed by atoms with E-state index in [1.54, 1.807) is 32.0 Å². The topological polar surface area (TPSA) is 291 Å². The molecule has 2 fully saturated rings. The summed E-state index contributed by atoms with van der Waals surface area (Å²) >= 11 is 0. The Morgan fingerprint density at radius 3 is 2.17 bits per heavy atom. The quantitative estimate of drug-likeness (QED) is 0.0533. The zero-order valence-corrected chi connectivity index (χ0v) is 29.2. The molecule has 0 amide bonds. The lowest BCUT2D eigenvalue weighted by molar-refractivity contribution is -0.356. The van der Waals surface area contributed by atoms with Crippen LogP contribution in [-0.2, 0) is 23.5 Å². The SMILES string of the molecule is CO[C@@H]1[C@@H](N)[C@@H](O[C@H]2[C@H](Oc3cccc4c(O)c5c(=O)oc6ccc(C)c7c(=O)oc(c34)c5c67)O[C@H](C)[C@H](O)[C@]2(C)O)O[C@H](C)[C@@H]1O.O=P(O)(O)O. The van der Waals surface area contributed by atoms with E-state index >= 15 is 0 Å². The zero-order valence-electron chi connectivity index (χ0n) is 28.3. The van der Waals surface area contributed by atoms with E-state index in [9.17, 15) is 30.0 Å². The van der Waals surface area contributed by atoms with E-state index in [2.05, 4.69) is 0 Å². The molecule has 52 heavy (non-hydrogen) atoms. The Hall–Kier alpha value is -3.75. The van der Waals surface area contributed by atoms with Crippen LogP contribution < -0.4 is 21.7 Å². The minimum absolute atomic E-state index is 0.0328. The van der Waals surface area contributed by atoms with E-state index in [4.69, 9.17) is 57.5 Å². The molecule has 2 aliphatic rings. The summed E-state index contributed by atoms with van der Waals surface area (Å²) in [6, 6.07) is 6.77. The lowest BCUT2D eigenvalue weighted by Gasteiger charge is -2.50. The van der Waals surface area contributed by atoms with Gasteiger partial charge >= 0.3 is 19.1 Å². The Balaban J connectivity index is 0.000000870. The van der Waals surface area contributed by atoms with Gasteiger partial charge in [-0.1, -0.05) is 18.2 Å². The van der Waals surface area contributed by atoms with Crippen molar-refractivity contribution in [2.24, 2.45) is 5.73 Å². The molecule has 2 saturated heterocycles. The van der Waals surface area contributed by atoms with Crippen LogP contribution >= 0.6 is 7.82 Å². The van der Waals surface area contributed by atoms with Gasteiger partial charge in [0.2, 0.25) is 6.29 Å². The molecule has 19 heteroatoms. The second-order valence-corrected chi connectivity index (χ2v) is 14.1. The fraction of sp³-hybridized carbons (Fsp3) is 0.455. The van der Waals surface area contributed by atoms with Crippen molar-refractivity contribution in [3.8, 4) is 11.5 Å². The number of hydrogen-bond donors (Lipinski definition) is 8. The van der Waals surface area contributed by atoms with Gasteiger partial charge in [-0.25, -0.2) is 14.2 Å². The van der Waals surface area contributed by atoms with Gasteiger partial charge in [-0.05, 0) is 45.4 Å². The van der Waals surface area contributed by atoms with Crippen molar-refractivity contribution < 1.29 is 72.2 Å². The number of aromatic hydroxyl groups is 1. The van der Waals surface area contributed by atoms with E-state index in [1.807, 2.05) is 0 Å². The molecule has 4 heterocycles. The molecule has 2 aromatic heterocycles. The fourth-order valence-corrected chi connectivity index (χ4v) is 6.96. The monoisotopic (exact) mass is 751 g/mol. The maximum absolute atomic E-state index is 13.4. The Morgan fingerprint density at radius 1 is 0.885 bits per heavy atom. The largest absolute Gasteiger partial charge is 0.506 e. The van der Waals surface area contributed by atoms with Crippen LogP contribution in [-0.4, -0.2) is 103 Å². The molecule has 18 nitrogen and oxygen atoms in total. The van der Waals surface area contributed by atoms with Crippen molar-refractivity contribution in [1.82, 2.24) is 0 Å². The van der Waals surface area contributed by atoms with Gasteiger partial charge in [-0.2, -0.15) is 0 Å². The summed E-state index contributed by atoms with van der Waals surface area (Å²) < 4.78 is 50.1. The van der Waals surface area contributed by atoms with Crippen molar-refractivity contribution in [3.05, 3.63) is 56.7 Å². The second kappa shape index (κ2) is 13.6. The molecule has 0 radical (unpaired) electrons. The molecule has 5 aromatic rings. The van der Waals surface area contributed by atoms with Crippen LogP contribution in [0, 0.1) is 6.92 Å². The minimum atomic E-state index is -4.64. The van der Waals surface area contributed by atoms with Crippen molar-refractivity contribution >= 4 is 51.3 Å². The van der Waals surface area contributed by atoms with E-state index < -0.39 is 85.7 Å². The molecule has 0 spiro atoms. The number of phenolic OH excluding ortho intramolecular Hbond substituents is 1. The molecule has 0 aliphatic carbocycles. The number of fused-ring (bicyclic) bond motifs is 2. The van der Waals surface area contributed by atoms with Crippen LogP contribution in [0.25, 0.3) is 43.5 Å². The molecule has 7 rings (SSSR count). The first-order valence-corrected chi connectivity index (χ1v) is 17.5. The number of benzene rings is 3. The highest BCUT2D eigenvalue weighted by Gasteiger charge is 2.56. The minimum Gasteiger partial charge on any atom is -0.506 e. The number of hydrogen-bond acceptors (Lipinski definition) is 15. The predicted molar refractivity (Wildman–Crippen MR) is 181 cm³/mol. The zero-order chi connectivity index (χ0) is 38.2. The maximum Gasteiger partial charge on any atom is 0.466 e. The van der Waals surface area contributed by atoms with Gasteiger partial charge in [0, 0.05) is 23.3 Å². The lowest BCUT2D eigenvalue weighted by Crippen LogP contribution is -2.69. The first-order chi connectivity index (χ1) is 24.3. The number of aryl methyl sites for hydroxylation is 1. The Kier molecular flexibility index (Phi) is 9.93. The van der Waals surface area contributed by atoms with Gasteiger partial charge in [0.25, 0.3) is 0 Å². The molecule has 2 aliphatic heterocycles. The van der Waals surface area contributed by atoms with Crippen molar-refractivity contribution in [2.75, 3.05) is 7.11 Å². The summed E-state index contributed by atoms with van der Waals surface area (Å²) in [6.07, 6.45) is -9.22. The molecular weight excluding hydrogens is 713 g/mol. The van der Waals surface area contributed by atoms with Gasteiger partial charge in [0.15, 0.2) is 18.0 Å². The third kappa shape index (κ3) is 6.44. The number of aliphatic hydroxyl groups excluding tert-OH is 2. The second-order valence-electron chi connectivity index (χ2n) is 13.1. The summed E-state index contributed by atoms with van der Waals surface area (Å²) in [4.78, 5) is 48.1. The summed E-state index contributed by atoms with van der Waals surface area (Å²) in [5, 5.41) is 45.3. The van der Waals surface area contributed by atoms with Crippen LogP contribution in [0.4, 0.5) is 0 Å². The third-order valence-electron chi connectivity index (χ3n) is 9.52. The molecule has 0 saturated carbocycles. The third-order valence-corrected chi connectivity index (χ3v) is 9.52. The van der Waals surface area contributed by atoms with E-state index in [-0.39, 0.29) is 43.8 Å². The summed E-state index contributed by atoms with van der Waals surface area (Å²) in [5.41, 5.74) is 3.52. The van der Waals surface area contributed by atoms with E-state index in [1.165, 1.54) is 33.1 Å². The molecule has 0 unspecified atom stereocenters. The predicted octanol–water partition coefficient (Wildman–Crippen LogP) is 0.798. The first kappa shape index (κ1) is 38.0. The van der Waals surface area contributed by atoms with Crippen LogP contribution in [0.15, 0.2) is 48.8 Å². The summed E-state index contributed by atoms with van der Waals surface area (Å²) in [5.74, 6) is -0.386. The van der Waals surface area contributed by atoms with Gasteiger partial charge in [-0.15, -0.1) is 0 Å². The van der Waals surface area contributed by atoms with Gasteiger partial charge in [0.1, 0.15) is 46.4 Å². The van der Waals surface area contributed by atoms with Crippen LogP contribution in [0.5, 0.6) is 11.5 Å². The van der Waals surface area contributed by atoms with Gasteiger partial charge < -0.3 is 73.4 Å². The number of methoxy groups -OCH3 is 1. The number of ether oxygens (including phenoxy) is 5. The smallest absolute Gasteiger partial charge is 0.466 e. The number of nitrogens with two attached hydrogens (primary N) is 1. The molecular formula is C33H38NO17P. The van der Waals surface area contributed by atoms with Crippen molar-refractivity contribution in [3.63, 3.8) is 0 Å². The maximum atomic E-state index is 13.4. The van der Waals surface area contributed by atoms with E-state index in [0.717, 1.165) is 0 Å². The summed E-state index contributed by atoms with van der Waals surface area (Å²) in [7, 11) is -3.25. The number of phenols is 1. The van der Waals surface area contributed by atoms with Crippen LogP contribution in [0.2, 0.25) is 0 Å². The van der Waals surface area contributed by atoms with Gasteiger partial charge in [-0.3, -0.25) is 0 Å². The average Bonchev–Trinajstić information content (AvgIpc) is 3.05. The summed E-state index contributed by atoms with van der Waals surface area (Å²) in [6.45, 7) is 6.21. The number of rotatable bonds is 5. The molecule has 9 N–H and O–H groups in total. The Morgan fingerprint density at radius 2 is 1.52 bits per heavy atom. The standard InChI is InChI=1S/C33H35NO13.H3O4P/c1-11-9-10-16-19-17(11)29(38)46-25-18-14(24(36)21(20(19)25)30(39)44-16)7-6-8-15(18)45-32-28(33(4,40)27(37)13(3)43-32)47-31-22(34)26(41-5)23(35)12(2)42-31;1-5(2,3)4/h6-10,12-13,22-23,26-28,31-32,35-37,40H,34H2,1-5H3;(H3,1,2,3,4)/t12-,13-,22-,23+,26-,27+,28+,31-,32+,33+;/m1./s1. The van der Waals surface area contributed by atoms with Crippen molar-refractivity contribution in [2.45, 2.75) is 88.5 Å². The Labute approximate surface area is 293 Å². The van der Waals surface area contributed by atoms with Crippen LogP contribution in [0.3, 0.4) is 0 Å². The van der Waals surface area contributed by atoms with Crippen molar-refractivity contribution in [1.29, 1.82) is 0 Å². The molecule has 3 aromatic carbocycles. The van der Waals surface area contributed by atoms with Crippen LogP contribution in [0.1, 0.15) is 26.3 Å². The highest BCUT2D eigenvalue weighted by atomic mass is 31.2. The molecule has 282 valence electrons. The normalized spacial score (nSPS) is 31.3. The average molecular weight is 752 g/mol. The van der Waals surface area contributed by atoms with E-state index in [0.29, 0.717) is 10.9 Å². The lowest BCUT2D eigenvalue weighted by atomic mass is 9.86. The highest BCUT2D eigenvalue weighted by Crippen LogP contribution is 2.46. The Bertz CT molecular complexity index is 2290. The number of aliphatic hydroxyl groups is 3. The highest BCUT2D eigenvalue weighted by molar-refractivity contribution is 7.45. The first-order valence-electron chi connectivity index (χ1n) is 15.9. The number of phosphoric acid groups is 1. The molecule has 10 atom stereocenters. The fourth-order valence-electron chi connectivity index (χ4n) is 6.96.